The lowest BCUT2D eigenvalue weighted by molar-refractivity contribution is -0.132. The molecule has 0 bridgehead atoms. The number of allylic oxidation sites excluding steroid dienone is 1. The number of carbonyl (C=O) groups is 2. The molecule has 0 aliphatic carbocycles. The molecule has 70 valence electrons. The van der Waals surface area contributed by atoms with Gasteiger partial charge in [0.05, 0.1) is 11.1 Å². The molecule has 0 aromatic rings. The molecular weight excluding hydrogens is 174 g/mol. The van der Waals surface area contributed by atoms with E-state index >= 15 is 0 Å². The van der Waals surface area contributed by atoms with E-state index in [0.29, 0.717) is 5.70 Å². The predicted molar refractivity (Wildman–Crippen MR) is 44.1 cm³/mol. The van der Waals surface area contributed by atoms with Crippen LogP contribution in [0.25, 0.3) is 0 Å². The first-order valence-electron chi connectivity index (χ1n) is 3.64. The van der Waals surface area contributed by atoms with Crippen LogP contribution in [0.5, 0.6) is 0 Å². The standard InChI is InChI=1S/C8H9NO4/c1-4-6(8(12)13)2-5(3-9-4)7(10)11/h2,9H,3H2,1H3,(H,10,11)(H,12,13). The summed E-state index contributed by atoms with van der Waals surface area (Å²) in [5, 5.41) is 20.0. The summed E-state index contributed by atoms with van der Waals surface area (Å²) < 4.78 is 0. The largest absolute Gasteiger partial charge is 0.478 e. The lowest BCUT2D eigenvalue weighted by Crippen LogP contribution is -2.26. The number of hydrogen-bond donors (Lipinski definition) is 3. The van der Waals surface area contributed by atoms with Gasteiger partial charge in [-0.3, -0.25) is 0 Å². The van der Waals surface area contributed by atoms with Gasteiger partial charge in [0, 0.05) is 12.2 Å². The van der Waals surface area contributed by atoms with Crippen molar-refractivity contribution < 1.29 is 19.8 Å². The number of rotatable bonds is 2. The smallest absolute Gasteiger partial charge is 0.337 e. The molecule has 0 saturated carbocycles. The average molecular weight is 183 g/mol. The van der Waals surface area contributed by atoms with Gasteiger partial charge in [-0.1, -0.05) is 0 Å². The third-order valence-electron chi connectivity index (χ3n) is 1.77. The van der Waals surface area contributed by atoms with Gasteiger partial charge < -0.3 is 15.5 Å². The molecule has 1 aliphatic heterocycles. The van der Waals surface area contributed by atoms with Crippen LogP contribution in [0, 0.1) is 0 Å². The summed E-state index contributed by atoms with van der Waals surface area (Å²) in [5.74, 6) is -2.22. The molecule has 0 spiro atoms. The zero-order valence-electron chi connectivity index (χ0n) is 7.00. The normalized spacial score (nSPS) is 16.2. The van der Waals surface area contributed by atoms with Crippen LogP contribution in [0.1, 0.15) is 6.92 Å². The summed E-state index contributed by atoms with van der Waals surface area (Å²) in [6.07, 6.45) is 1.18. The molecule has 13 heavy (non-hydrogen) atoms. The zero-order chi connectivity index (χ0) is 10.0. The minimum atomic E-state index is -1.12. The molecule has 0 aromatic heterocycles. The van der Waals surface area contributed by atoms with Crippen molar-refractivity contribution in [3.05, 3.63) is 22.9 Å². The quantitative estimate of drug-likeness (QED) is 0.559. The van der Waals surface area contributed by atoms with Crippen molar-refractivity contribution in [2.75, 3.05) is 6.54 Å². The first-order chi connectivity index (χ1) is 6.02. The highest BCUT2D eigenvalue weighted by molar-refractivity contribution is 5.96. The van der Waals surface area contributed by atoms with Crippen molar-refractivity contribution in [1.82, 2.24) is 5.32 Å². The topological polar surface area (TPSA) is 86.6 Å². The number of carboxylic acid groups (broad SMARTS) is 2. The van der Waals surface area contributed by atoms with Gasteiger partial charge in [-0.2, -0.15) is 0 Å². The Balaban J connectivity index is 3.05. The molecule has 0 saturated heterocycles. The Bertz CT molecular complexity index is 327. The number of dihydropyridines is 1. The van der Waals surface area contributed by atoms with Gasteiger partial charge in [-0.25, -0.2) is 9.59 Å². The molecule has 5 heteroatoms. The Morgan fingerprint density at radius 3 is 2.46 bits per heavy atom. The van der Waals surface area contributed by atoms with E-state index in [9.17, 15) is 9.59 Å². The summed E-state index contributed by atoms with van der Waals surface area (Å²) in [6, 6.07) is 0. The number of hydrogen-bond acceptors (Lipinski definition) is 3. The maximum Gasteiger partial charge on any atom is 0.337 e. The molecule has 0 atom stereocenters. The van der Waals surface area contributed by atoms with E-state index in [4.69, 9.17) is 10.2 Å². The highest BCUT2D eigenvalue weighted by Crippen LogP contribution is 2.12. The van der Waals surface area contributed by atoms with Crippen molar-refractivity contribution >= 4 is 11.9 Å². The van der Waals surface area contributed by atoms with Crippen molar-refractivity contribution in [3.8, 4) is 0 Å². The second-order valence-electron chi connectivity index (χ2n) is 2.67. The maximum absolute atomic E-state index is 10.6. The molecule has 0 amide bonds. The van der Waals surface area contributed by atoms with E-state index in [-0.39, 0.29) is 17.7 Å². The zero-order valence-corrected chi connectivity index (χ0v) is 7.00. The van der Waals surface area contributed by atoms with Gasteiger partial charge in [-0.05, 0) is 13.0 Å². The highest BCUT2D eigenvalue weighted by atomic mass is 16.4. The fourth-order valence-electron chi connectivity index (χ4n) is 1.02. The van der Waals surface area contributed by atoms with Gasteiger partial charge in [-0.15, -0.1) is 0 Å². The van der Waals surface area contributed by atoms with Crippen LogP contribution in [0.4, 0.5) is 0 Å². The van der Waals surface area contributed by atoms with E-state index < -0.39 is 11.9 Å². The molecule has 1 rings (SSSR count). The fraction of sp³-hybridized carbons (Fsp3) is 0.250. The van der Waals surface area contributed by atoms with Crippen LogP contribution in [0.15, 0.2) is 22.9 Å². The van der Waals surface area contributed by atoms with Crippen LogP contribution in [0.3, 0.4) is 0 Å². The van der Waals surface area contributed by atoms with Crippen LogP contribution in [0.2, 0.25) is 0 Å². The Hall–Kier alpha value is -1.78. The summed E-state index contributed by atoms with van der Waals surface area (Å²) in [4.78, 5) is 21.1. The molecule has 0 fully saturated rings. The Morgan fingerprint density at radius 2 is 2.00 bits per heavy atom. The van der Waals surface area contributed by atoms with Gasteiger partial charge in [0.15, 0.2) is 0 Å². The molecule has 0 unspecified atom stereocenters. The Labute approximate surface area is 74.4 Å². The lowest BCUT2D eigenvalue weighted by atomic mass is 10.1. The maximum atomic E-state index is 10.6. The molecule has 1 aliphatic rings. The summed E-state index contributed by atoms with van der Waals surface area (Å²) in [5.41, 5.74) is 0.546. The second-order valence-corrected chi connectivity index (χ2v) is 2.67. The first-order valence-corrected chi connectivity index (χ1v) is 3.64. The third kappa shape index (κ3) is 1.87. The van der Waals surface area contributed by atoms with Crippen LogP contribution >= 0.6 is 0 Å². The van der Waals surface area contributed by atoms with E-state index in [1.54, 1.807) is 6.92 Å². The van der Waals surface area contributed by atoms with Crippen LogP contribution in [-0.4, -0.2) is 28.7 Å². The van der Waals surface area contributed by atoms with Crippen molar-refractivity contribution in [2.45, 2.75) is 6.92 Å². The first kappa shape index (κ1) is 9.31. The second kappa shape index (κ2) is 3.30. The molecule has 1 heterocycles. The minimum absolute atomic E-state index is 0.00338. The van der Waals surface area contributed by atoms with Crippen molar-refractivity contribution in [3.63, 3.8) is 0 Å². The van der Waals surface area contributed by atoms with Crippen molar-refractivity contribution in [1.29, 1.82) is 0 Å². The Morgan fingerprint density at radius 1 is 1.38 bits per heavy atom. The molecule has 0 radical (unpaired) electrons. The Kier molecular flexibility index (Phi) is 2.36. The van der Waals surface area contributed by atoms with Gasteiger partial charge in [0.2, 0.25) is 0 Å². The number of aliphatic carboxylic acids is 2. The predicted octanol–water partition coefficient (Wildman–Crippen LogP) is -0.0408. The molecular formula is C8H9NO4. The summed E-state index contributed by atoms with van der Waals surface area (Å²) >= 11 is 0. The lowest BCUT2D eigenvalue weighted by Gasteiger charge is -2.14. The molecule has 3 N–H and O–H groups in total. The SMILES string of the molecule is CC1=C(C(=O)O)C=C(C(=O)O)CN1. The minimum Gasteiger partial charge on any atom is -0.478 e. The van der Waals surface area contributed by atoms with E-state index in [2.05, 4.69) is 5.32 Å². The molecule has 0 aromatic carbocycles. The monoisotopic (exact) mass is 183 g/mol. The molecule has 5 nitrogen and oxygen atoms in total. The van der Waals surface area contributed by atoms with Crippen LogP contribution < -0.4 is 5.32 Å². The van der Waals surface area contributed by atoms with Gasteiger partial charge >= 0.3 is 11.9 Å². The van der Waals surface area contributed by atoms with Crippen LogP contribution in [-0.2, 0) is 9.59 Å². The van der Waals surface area contributed by atoms with E-state index in [1.165, 1.54) is 6.08 Å². The third-order valence-corrected chi connectivity index (χ3v) is 1.77. The number of carboxylic acids is 2. The van der Waals surface area contributed by atoms with E-state index in [1.807, 2.05) is 0 Å². The van der Waals surface area contributed by atoms with Crippen molar-refractivity contribution in [2.24, 2.45) is 0 Å². The van der Waals surface area contributed by atoms with E-state index in [0.717, 1.165) is 0 Å². The summed E-state index contributed by atoms with van der Waals surface area (Å²) in [7, 11) is 0. The van der Waals surface area contributed by atoms with Gasteiger partial charge in [0.25, 0.3) is 0 Å². The highest BCUT2D eigenvalue weighted by Gasteiger charge is 2.18. The fourth-order valence-corrected chi connectivity index (χ4v) is 1.02. The number of nitrogens with one attached hydrogen (secondary N) is 1. The average Bonchev–Trinajstić information content (AvgIpc) is 2.04. The summed E-state index contributed by atoms with van der Waals surface area (Å²) in [6.45, 7) is 1.76. The van der Waals surface area contributed by atoms with Gasteiger partial charge in [0.1, 0.15) is 0 Å².